The normalized spacial score (nSPS) is 10.8. The van der Waals surface area contributed by atoms with Gasteiger partial charge in [0.05, 0.1) is 5.52 Å². The van der Waals surface area contributed by atoms with E-state index in [-0.39, 0.29) is 5.95 Å². The van der Waals surface area contributed by atoms with Gasteiger partial charge in [0.2, 0.25) is 5.95 Å². The molecule has 0 atom stereocenters. The molecule has 1 aromatic heterocycles. The van der Waals surface area contributed by atoms with E-state index in [2.05, 4.69) is 14.9 Å². The van der Waals surface area contributed by atoms with Crippen molar-refractivity contribution in [3.05, 3.63) is 53.1 Å². The first-order valence-electron chi connectivity index (χ1n) is 6.81. The minimum absolute atomic E-state index is 0.187. The molecule has 0 fully saturated rings. The number of hydrogen-bond acceptors (Lipinski definition) is 5. The zero-order valence-electron chi connectivity index (χ0n) is 12.1. The first kappa shape index (κ1) is 14.4. The molecule has 0 aliphatic heterocycles. The van der Waals surface area contributed by atoms with Crippen molar-refractivity contribution in [1.29, 1.82) is 0 Å². The summed E-state index contributed by atoms with van der Waals surface area (Å²) >= 11 is 5.91. The lowest BCUT2D eigenvalue weighted by atomic mass is 10.1. The van der Waals surface area contributed by atoms with E-state index in [1.807, 2.05) is 49.5 Å². The van der Waals surface area contributed by atoms with Crippen molar-refractivity contribution in [3.8, 4) is 0 Å². The van der Waals surface area contributed by atoms with Crippen LogP contribution in [0.4, 0.5) is 17.5 Å². The molecule has 0 saturated carbocycles. The predicted molar refractivity (Wildman–Crippen MR) is 91.9 cm³/mol. The van der Waals surface area contributed by atoms with Crippen molar-refractivity contribution in [2.75, 3.05) is 23.4 Å². The summed E-state index contributed by atoms with van der Waals surface area (Å²) < 4.78 is 0. The number of aromatic nitrogens is 2. The van der Waals surface area contributed by atoms with Gasteiger partial charge in [-0.1, -0.05) is 23.7 Å². The smallest absolute Gasteiger partial charge is 0.222 e. The number of benzene rings is 2. The zero-order valence-corrected chi connectivity index (χ0v) is 12.9. The van der Waals surface area contributed by atoms with Crippen molar-refractivity contribution in [1.82, 2.24) is 9.97 Å². The van der Waals surface area contributed by atoms with Crippen molar-refractivity contribution in [2.45, 2.75) is 6.54 Å². The van der Waals surface area contributed by atoms with E-state index >= 15 is 0 Å². The van der Waals surface area contributed by atoms with Crippen LogP contribution in [0.15, 0.2) is 42.5 Å². The lowest BCUT2D eigenvalue weighted by Gasteiger charge is -2.20. The average molecular weight is 314 g/mol. The third-order valence-electron chi connectivity index (χ3n) is 3.50. The van der Waals surface area contributed by atoms with Crippen LogP contribution in [0.3, 0.4) is 0 Å². The maximum Gasteiger partial charge on any atom is 0.222 e. The number of anilines is 3. The molecule has 3 rings (SSSR count). The van der Waals surface area contributed by atoms with Crippen molar-refractivity contribution in [2.24, 2.45) is 0 Å². The molecule has 22 heavy (non-hydrogen) atoms. The fourth-order valence-corrected chi connectivity index (χ4v) is 2.48. The first-order valence-corrected chi connectivity index (χ1v) is 7.19. The Bertz CT molecular complexity index is 817. The summed E-state index contributed by atoms with van der Waals surface area (Å²) in [4.78, 5) is 10.3. The minimum atomic E-state index is 0.187. The average Bonchev–Trinajstić information content (AvgIpc) is 2.49. The molecule has 6 heteroatoms. The van der Waals surface area contributed by atoms with Gasteiger partial charge in [-0.3, -0.25) is 0 Å². The Morgan fingerprint density at radius 3 is 2.50 bits per heavy atom. The molecular formula is C16H16ClN5. The maximum absolute atomic E-state index is 5.93. The Balaban J connectivity index is 1.90. The van der Waals surface area contributed by atoms with Gasteiger partial charge in [-0.25, -0.2) is 4.98 Å². The van der Waals surface area contributed by atoms with Gasteiger partial charge in [-0.15, -0.1) is 0 Å². The fraction of sp³-hybridized carbons (Fsp3) is 0.125. The molecule has 0 spiro atoms. The Morgan fingerprint density at radius 2 is 1.77 bits per heavy atom. The van der Waals surface area contributed by atoms with Crippen LogP contribution in [0.5, 0.6) is 0 Å². The molecule has 0 saturated heterocycles. The van der Waals surface area contributed by atoms with Crippen molar-refractivity contribution in [3.63, 3.8) is 0 Å². The van der Waals surface area contributed by atoms with E-state index in [0.29, 0.717) is 5.82 Å². The molecule has 112 valence electrons. The lowest BCUT2D eigenvalue weighted by molar-refractivity contribution is 0.924. The minimum Gasteiger partial charge on any atom is -0.383 e. The predicted octanol–water partition coefficient (Wildman–Crippen LogP) is 3.08. The Hall–Kier alpha value is -2.53. The van der Waals surface area contributed by atoms with Crippen LogP contribution >= 0.6 is 11.6 Å². The molecule has 0 aliphatic carbocycles. The molecule has 0 aliphatic rings. The standard InChI is InChI=1S/C16H16ClN5/c1-22(9-10-2-4-11(17)5-3-10)12-6-7-14-13(8-12)15(18)21-16(19)20-14/h2-8H,9H2,1H3,(H4,18,19,20,21). The maximum atomic E-state index is 5.93. The Labute approximate surface area is 133 Å². The largest absolute Gasteiger partial charge is 0.383 e. The van der Waals surface area contributed by atoms with E-state index in [9.17, 15) is 0 Å². The molecule has 0 amide bonds. The van der Waals surface area contributed by atoms with E-state index in [1.54, 1.807) is 0 Å². The first-order chi connectivity index (χ1) is 10.5. The number of nitrogens with two attached hydrogens (primary N) is 2. The van der Waals surface area contributed by atoms with Crippen molar-refractivity contribution >= 4 is 40.0 Å². The van der Waals surface area contributed by atoms with E-state index < -0.39 is 0 Å². The molecular weight excluding hydrogens is 298 g/mol. The fourth-order valence-electron chi connectivity index (χ4n) is 2.35. The van der Waals surface area contributed by atoms with Crippen LogP contribution in [0.2, 0.25) is 5.02 Å². The number of halogens is 1. The lowest BCUT2D eigenvalue weighted by Crippen LogP contribution is -2.16. The number of nitrogens with zero attached hydrogens (tertiary/aromatic N) is 3. The quantitative estimate of drug-likeness (QED) is 0.776. The topological polar surface area (TPSA) is 81.1 Å². The highest BCUT2D eigenvalue weighted by Crippen LogP contribution is 2.25. The SMILES string of the molecule is CN(Cc1ccc(Cl)cc1)c1ccc2nc(N)nc(N)c2c1. The second-order valence-corrected chi connectivity index (χ2v) is 5.59. The zero-order chi connectivity index (χ0) is 15.7. The van der Waals surface area contributed by atoms with Gasteiger partial charge in [0.25, 0.3) is 0 Å². The molecule has 0 radical (unpaired) electrons. The summed E-state index contributed by atoms with van der Waals surface area (Å²) in [6.07, 6.45) is 0. The molecule has 2 aromatic carbocycles. The van der Waals surface area contributed by atoms with E-state index in [4.69, 9.17) is 23.1 Å². The van der Waals surface area contributed by atoms with Gasteiger partial charge >= 0.3 is 0 Å². The van der Waals surface area contributed by atoms with E-state index in [1.165, 1.54) is 5.56 Å². The van der Waals surface area contributed by atoms with Gasteiger partial charge in [0, 0.05) is 29.7 Å². The third-order valence-corrected chi connectivity index (χ3v) is 3.75. The van der Waals surface area contributed by atoms with Gasteiger partial charge in [-0.2, -0.15) is 4.98 Å². The van der Waals surface area contributed by atoms with Crippen molar-refractivity contribution < 1.29 is 0 Å². The summed E-state index contributed by atoms with van der Waals surface area (Å²) in [6, 6.07) is 13.7. The van der Waals surface area contributed by atoms with Crippen LogP contribution < -0.4 is 16.4 Å². The van der Waals surface area contributed by atoms with Gasteiger partial charge in [-0.05, 0) is 35.9 Å². The highest BCUT2D eigenvalue weighted by Gasteiger charge is 2.08. The molecule has 5 nitrogen and oxygen atoms in total. The number of rotatable bonds is 3. The summed E-state index contributed by atoms with van der Waals surface area (Å²) in [5, 5.41) is 1.54. The van der Waals surface area contributed by atoms with Crippen LogP contribution in [-0.2, 0) is 6.54 Å². The number of hydrogen-bond donors (Lipinski definition) is 2. The highest BCUT2D eigenvalue weighted by atomic mass is 35.5. The second-order valence-electron chi connectivity index (χ2n) is 5.15. The van der Waals surface area contributed by atoms with Gasteiger partial charge < -0.3 is 16.4 Å². The summed E-state index contributed by atoms with van der Waals surface area (Å²) in [6.45, 7) is 0.762. The van der Waals surface area contributed by atoms with Gasteiger partial charge in [0.1, 0.15) is 5.82 Å². The molecule has 3 aromatic rings. The highest BCUT2D eigenvalue weighted by molar-refractivity contribution is 6.30. The summed E-state index contributed by atoms with van der Waals surface area (Å²) in [5.74, 6) is 0.580. The van der Waals surface area contributed by atoms with Crippen LogP contribution in [0, 0.1) is 0 Å². The summed E-state index contributed by atoms with van der Waals surface area (Å²) in [5.41, 5.74) is 14.5. The Kier molecular flexibility index (Phi) is 3.73. The number of nitrogen functional groups attached to an aromatic ring is 2. The third kappa shape index (κ3) is 2.89. The van der Waals surface area contributed by atoms with Crippen LogP contribution in [0.1, 0.15) is 5.56 Å². The molecule has 4 N–H and O–H groups in total. The molecule has 1 heterocycles. The molecule has 0 unspecified atom stereocenters. The second kappa shape index (κ2) is 5.69. The van der Waals surface area contributed by atoms with Crippen LogP contribution in [-0.4, -0.2) is 17.0 Å². The Morgan fingerprint density at radius 1 is 1.05 bits per heavy atom. The number of fused-ring (bicyclic) bond motifs is 1. The summed E-state index contributed by atoms with van der Waals surface area (Å²) in [7, 11) is 2.02. The van der Waals surface area contributed by atoms with Crippen LogP contribution in [0.25, 0.3) is 10.9 Å². The monoisotopic (exact) mass is 313 g/mol. The van der Waals surface area contributed by atoms with Gasteiger partial charge in [0.15, 0.2) is 0 Å². The molecule has 0 bridgehead atoms. The van der Waals surface area contributed by atoms with E-state index in [0.717, 1.165) is 28.2 Å².